The van der Waals surface area contributed by atoms with Crippen molar-refractivity contribution >= 4 is 11.3 Å². The number of hydrogen-bond acceptors (Lipinski definition) is 5. The molecule has 0 spiro atoms. The van der Waals surface area contributed by atoms with Crippen molar-refractivity contribution in [1.82, 2.24) is 14.8 Å². The number of fused-ring (bicyclic) bond motifs is 4. The molecular formula is C19H22N4S. The monoisotopic (exact) mass is 338 g/mol. The molecule has 0 amide bonds. The van der Waals surface area contributed by atoms with Gasteiger partial charge >= 0.3 is 0 Å². The molecule has 3 aliphatic rings. The second-order valence-corrected chi connectivity index (χ2v) is 7.69. The zero-order chi connectivity index (χ0) is 16.4. The van der Waals surface area contributed by atoms with Crippen molar-refractivity contribution in [1.29, 1.82) is 5.26 Å². The number of benzene rings is 1. The average Bonchev–Trinajstić information content (AvgIpc) is 2.96. The van der Waals surface area contributed by atoms with Gasteiger partial charge in [-0.2, -0.15) is 5.26 Å². The highest BCUT2D eigenvalue weighted by Gasteiger charge is 2.34. The first kappa shape index (κ1) is 15.8. The van der Waals surface area contributed by atoms with E-state index >= 15 is 0 Å². The highest BCUT2D eigenvalue weighted by Crippen LogP contribution is 2.30. The molecule has 0 N–H and O–H groups in total. The van der Waals surface area contributed by atoms with Crippen molar-refractivity contribution in [2.24, 2.45) is 5.92 Å². The third kappa shape index (κ3) is 3.36. The Hall–Kier alpha value is -1.74. The van der Waals surface area contributed by atoms with Crippen LogP contribution in [0.15, 0.2) is 35.2 Å². The molecular weight excluding hydrogens is 316 g/mol. The van der Waals surface area contributed by atoms with Gasteiger partial charge in [-0.3, -0.25) is 9.80 Å². The van der Waals surface area contributed by atoms with Gasteiger partial charge in [0.25, 0.3) is 0 Å². The topological polar surface area (TPSA) is 43.2 Å². The predicted octanol–water partition coefficient (Wildman–Crippen LogP) is 3.11. The van der Waals surface area contributed by atoms with Crippen LogP contribution in [0.1, 0.15) is 29.7 Å². The highest BCUT2D eigenvalue weighted by atomic mass is 32.1. The molecule has 5 heteroatoms. The summed E-state index contributed by atoms with van der Waals surface area (Å²) in [5.41, 5.74) is 5.10. The smallest absolute Gasteiger partial charge is 0.0995 e. The van der Waals surface area contributed by atoms with Crippen LogP contribution in [0.4, 0.5) is 0 Å². The quantitative estimate of drug-likeness (QED) is 0.859. The first-order chi connectivity index (χ1) is 11.8. The van der Waals surface area contributed by atoms with Gasteiger partial charge in [0.15, 0.2) is 0 Å². The van der Waals surface area contributed by atoms with Crippen molar-refractivity contribution in [2.75, 3.05) is 19.6 Å². The van der Waals surface area contributed by atoms with Gasteiger partial charge in [0.2, 0.25) is 0 Å². The Kier molecular flexibility index (Phi) is 4.61. The Morgan fingerprint density at radius 2 is 2.08 bits per heavy atom. The predicted molar refractivity (Wildman–Crippen MR) is 95.5 cm³/mol. The molecule has 1 aromatic carbocycles. The van der Waals surface area contributed by atoms with Gasteiger partial charge < -0.3 is 0 Å². The SMILES string of the molecule is N#Cc1ccccc1CN1C[C@H]2CC[C@@H]1CN(Cc1cscn1)C2. The van der Waals surface area contributed by atoms with Gasteiger partial charge in [-0.15, -0.1) is 11.3 Å². The second-order valence-electron chi connectivity index (χ2n) is 6.97. The minimum Gasteiger partial charge on any atom is -0.296 e. The largest absolute Gasteiger partial charge is 0.296 e. The summed E-state index contributed by atoms with van der Waals surface area (Å²) in [6.45, 7) is 5.31. The molecule has 0 aliphatic carbocycles. The Morgan fingerprint density at radius 3 is 2.92 bits per heavy atom. The van der Waals surface area contributed by atoms with Gasteiger partial charge in [0, 0.05) is 44.1 Å². The lowest BCUT2D eigenvalue weighted by Gasteiger charge is -2.36. The van der Waals surface area contributed by atoms with E-state index in [4.69, 9.17) is 0 Å². The normalized spacial score (nSPS) is 24.6. The highest BCUT2D eigenvalue weighted by molar-refractivity contribution is 7.07. The molecule has 2 aromatic rings. The van der Waals surface area contributed by atoms with Crippen LogP contribution >= 0.6 is 11.3 Å². The molecule has 2 bridgehead atoms. The maximum Gasteiger partial charge on any atom is 0.0995 e. The van der Waals surface area contributed by atoms with Gasteiger partial charge in [0.05, 0.1) is 22.8 Å². The molecule has 1 aromatic heterocycles. The van der Waals surface area contributed by atoms with E-state index in [-0.39, 0.29) is 0 Å². The Labute approximate surface area is 147 Å². The van der Waals surface area contributed by atoms with E-state index in [1.807, 2.05) is 23.7 Å². The number of nitrogens with zero attached hydrogens (tertiary/aromatic N) is 4. The first-order valence-corrected chi connectivity index (χ1v) is 9.57. The molecule has 4 heterocycles. The van der Waals surface area contributed by atoms with Gasteiger partial charge in [-0.1, -0.05) is 18.2 Å². The van der Waals surface area contributed by atoms with Crippen molar-refractivity contribution in [3.63, 3.8) is 0 Å². The number of rotatable bonds is 4. The Bertz CT molecular complexity index is 721. The molecule has 0 saturated carbocycles. The lowest BCUT2D eigenvalue weighted by Crippen LogP contribution is -2.43. The van der Waals surface area contributed by atoms with E-state index < -0.39 is 0 Å². The summed E-state index contributed by atoms with van der Waals surface area (Å²) >= 11 is 1.68. The maximum atomic E-state index is 9.34. The van der Waals surface area contributed by atoms with Crippen LogP contribution in [0.5, 0.6) is 0 Å². The summed E-state index contributed by atoms with van der Waals surface area (Å²) in [6, 6.07) is 11.0. The summed E-state index contributed by atoms with van der Waals surface area (Å²) < 4.78 is 0. The summed E-state index contributed by atoms with van der Waals surface area (Å²) in [6.07, 6.45) is 2.60. The fraction of sp³-hybridized carbons (Fsp3) is 0.474. The van der Waals surface area contributed by atoms with E-state index in [9.17, 15) is 5.26 Å². The lowest BCUT2D eigenvalue weighted by atomic mass is 9.94. The number of nitriles is 1. The van der Waals surface area contributed by atoms with Crippen LogP contribution in [0.25, 0.3) is 0 Å². The molecule has 24 heavy (non-hydrogen) atoms. The Balaban J connectivity index is 1.48. The van der Waals surface area contributed by atoms with Crippen LogP contribution < -0.4 is 0 Å². The number of piperidine rings is 1. The standard InChI is InChI=1S/C19H22N4S/c20-7-16-3-1-2-4-17(16)10-23-9-15-5-6-19(23)12-22(8-15)11-18-13-24-14-21-18/h1-4,13-15,19H,5-6,8-12H2/t15-,19+/m0/s1. The zero-order valence-electron chi connectivity index (χ0n) is 13.8. The summed E-state index contributed by atoms with van der Waals surface area (Å²) in [7, 11) is 0. The molecule has 3 saturated heterocycles. The number of thiazole rings is 1. The van der Waals surface area contributed by atoms with Gasteiger partial charge in [-0.25, -0.2) is 4.98 Å². The van der Waals surface area contributed by atoms with E-state index in [0.717, 1.165) is 37.7 Å². The zero-order valence-corrected chi connectivity index (χ0v) is 14.6. The molecule has 0 unspecified atom stereocenters. The molecule has 4 nitrogen and oxygen atoms in total. The van der Waals surface area contributed by atoms with Crippen molar-refractivity contribution in [3.8, 4) is 6.07 Å². The van der Waals surface area contributed by atoms with E-state index in [1.165, 1.54) is 30.6 Å². The van der Waals surface area contributed by atoms with E-state index in [1.54, 1.807) is 11.3 Å². The summed E-state index contributed by atoms with van der Waals surface area (Å²) in [4.78, 5) is 9.63. The molecule has 3 fully saturated rings. The third-order valence-electron chi connectivity index (χ3n) is 5.28. The van der Waals surface area contributed by atoms with Crippen molar-refractivity contribution < 1.29 is 0 Å². The molecule has 2 atom stereocenters. The fourth-order valence-corrected chi connectivity index (χ4v) is 4.68. The van der Waals surface area contributed by atoms with Gasteiger partial charge in [-0.05, 0) is 30.4 Å². The average molecular weight is 338 g/mol. The van der Waals surface area contributed by atoms with Crippen molar-refractivity contribution in [3.05, 3.63) is 52.0 Å². The molecule has 5 rings (SSSR count). The van der Waals surface area contributed by atoms with Crippen LogP contribution in [-0.2, 0) is 13.1 Å². The maximum absolute atomic E-state index is 9.34. The lowest BCUT2D eigenvalue weighted by molar-refractivity contribution is 0.123. The first-order valence-electron chi connectivity index (χ1n) is 8.63. The van der Waals surface area contributed by atoms with Gasteiger partial charge in [0.1, 0.15) is 0 Å². The van der Waals surface area contributed by atoms with Crippen molar-refractivity contribution in [2.45, 2.75) is 32.0 Å². The molecule has 0 radical (unpaired) electrons. The fourth-order valence-electron chi connectivity index (χ4n) is 4.13. The summed E-state index contributed by atoms with van der Waals surface area (Å²) in [5.74, 6) is 0.733. The Morgan fingerprint density at radius 1 is 1.17 bits per heavy atom. The third-order valence-corrected chi connectivity index (χ3v) is 5.92. The minimum atomic E-state index is 0.592. The molecule has 124 valence electrons. The minimum absolute atomic E-state index is 0.592. The van der Waals surface area contributed by atoms with Crippen LogP contribution in [-0.4, -0.2) is 40.5 Å². The van der Waals surface area contributed by atoms with Crippen LogP contribution in [0.3, 0.4) is 0 Å². The van der Waals surface area contributed by atoms with Crippen LogP contribution in [0, 0.1) is 17.2 Å². The second kappa shape index (κ2) is 7.02. The number of aromatic nitrogens is 1. The summed E-state index contributed by atoms with van der Waals surface area (Å²) in [5, 5.41) is 11.5. The van der Waals surface area contributed by atoms with E-state index in [2.05, 4.69) is 32.3 Å². The molecule has 3 aliphatic heterocycles. The van der Waals surface area contributed by atoms with Crippen LogP contribution in [0.2, 0.25) is 0 Å². The van der Waals surface area contributed by atoms with E-state index in [0.29, 0.717) is 6.04 Å². The number of hydrogen-bond donors (Lipinski definition) is 0.